The molecule has 0 aliphatic rings. The third kappa shape index (κ3) is 3.26. The summed E-state index contributed by atoms with van der Waals surface area (Å²) in [4.78, 5) is 15.1. The van der Waals surface area contributed by atoms with Crippen molar-refractivity contribution in [1.82, 2.24) is 4.98 Å². The highest BCUT2D eigenvalue weighted by Gasteiger charge is 2.36. The van der Waals surface area contributed by atoms with Crippen LogP contribution >= 0.6 is 0 Å². The molecule has 0 radical (unpaired) electrons. The Bertz CT molecular complexity index is 404. The number of Topliss-reactive ketones (excluding diaryl/α,β-unsaturated/α-hetero) is 1. The Labute approximate surface area is 96.3 Å². The number of hydrogen-bond acceptors (Lipinski definition) is 3. The zero-order valence-electron chi connectivity index (χ0n) is 9.16. The van der Waals surface area contributed by atoms with Gasteiger partial charge in [0.1, 0.15) is 6.10 Å². The molecule has 0 saturated heterocycles. The molecular formula is C11H12F3NO2. The van der Waals surface area contributed by atoms with Crippen molar-refractivity contribution < 1.29 is 23.1 Å². The predicted octanol–water partition coefficient (Wildman–Crippen LogP) is 2.44. The average molecular weight is 247 g/mol. The maximum atomic E-state index is 12.6. The topological polar surface area (TPSA) is 50.2 Å². The molecule has 1 atom stereocenters. The van der Waals surface area contributed by atoms with Crippen LogP contribution < -0.4 is 0 Å². The lowest BCUT2D eigenvalue weighted by Gasteiger charge is -2.13. The SMILES string of the molecule is CCCC(O)C(=O)c1cnccc1C(F)(F)F. The van der Waals surface area contributed by atoms with E-state index in [1.54, 1.807) is 6.92 Å². The van der Waals surface area contributed by atoms with Crippen LogP contribution in [0.25, 0.3) is 0 Å². The van der Waals surface area contributed by atoms with Crippen LogP contribution in [-0.4, -0.2) is 22.0 Å². The number of pyridine rings is 1. The summed E-state index contributed by atoms with van der Waals surface area (Å²) in [6, 6.07) is 0.728. The molecule has 1 heterocycles. The zero-order chi connectivity index (χ0) is 13.1. The van der Waals surface area contributed by atoms with Crippen molar-refractivity contribution in [3.05, 3.63) is 29.6 Å². The minimum absolute atomic E-state index is 0.130. The van der Waals surface area contributed by atoms with Gasteiger partial charge < -0.3 is 5.11 Å². The van der Waals surface area contributed by atoms with Crippen molar-refractivity contribution in [1.29, 1.82) is 0 Å². The van der Waals surface area contributed by atoms with Gasteiger partial charge in [-0.15, -0.1) is 0 Å². The lowest BCUT2D eigenvalue weighted by Crippen LogP contribution is -2.24. The molecule has 1 aromatic heterocycles. The molecule has 0 bridgehead atoms. The van der Waals surface area contributed by atoms with E-state index in [0.717, 1.165) is 18.5 Å². The fourth-order valence-corrected chi connectivity index (χ4v) is 1.42. The van der Waals surface area contributed by atoms with Gasteiger partial charge in [-0.3, -0.25) is 9.78 Å². The molecule has 0 aliphatic carbocycles. The largest absolute Gasteiger partial charge is 0.417 e. The Balaban J connectivity index is 3.10. The number of aliphatic hydroxyl groups is 1. The molecule has 1 rings (SSSR count). The minimum Gasteiger partial charge on any atom is -0.385 e. The highest BCUT2D eigenvalue weighted by molar-refractivity contribution is 6.00. The first kappa shape index (κ1) is 13.6. The minimum atomic E-state index is -4.63. The van der Waals surface area contributed by atoms with Gasteiger partial charge in [-0.25, -0.2) is 0 Å². The summed E-state index contributed by atoms with van der Waals surface area (Å²) >= 11 is 0. The number of carbonyl (C=O) groups is 1. The summed E-state index contributed by atoms with van der Waals surface area (Å²) < 4.78 is 37.8. The number of hydrogen-bond donors (Lipinski definition) is 1. The number of aliphatic hydroxyl groups excluding tert-OH is 1. The number of alkyl halides is 3. The summed E-state index contributed by atoms with van der Waals surface area (Å²) in [6.07, 6.45) is -3.60. The van der Waals surface area contributed by atoms with Crippen LogP contribution in [0.1, 0.15) is 35.7 Å². The third-order valence-electron chi connectivity index (χ3n) is 2.26. The summed E-state index contributed by atoms with van der Waals surface area (Å²) in [5, 5.41) is 9.42. The van der Waals surface area contributed by atoms with Gasteiger partial charge in [0.05, 0.1) is 11.1 Å². The number of rotatable bonds is 4. The molecule has 1 unspecified atom stereocenters. The zero-order valence-corrected chi connectivity index (χ0v) is 9.16. The van der Waals surface area contributed by atoms with E-state index in [-0.39, 0.29) is 6.42 Å². The second-order valence-corrected chi connectivity index (χ2v) is 3.59. The molecule has 0 aliphatic heterocycles. The number of halogens is 3. The number of carbonyl (C=O) groups excluding carboxylic acids is 1. The van der Waals surface area contributed by atoms with E-state index in [2.05, 4.69) is 4.98 Å². The van der Waals surface area contributed by atoms with Crippen LogP contribution in [0.5, 0.6) is 0 Å². The smallest absolute Gasteiger partial charge is 0.385 e. The average Bonchev–Trinajstić information content (AvgIpc) is 2.27. The van der Waals surface area contributed by atoms with Gasteiger partial charge in [-0.05, 0) is 12.5 Å². The van der Waals surface area contributed by atoms with Crippen molar-refractivity contribution in [2.45, 2.75) is 32.0 Å². The second-order valence-electron chi connectivity index (χ2n) is 3.59. The lowest BCUT2D eigenvalue weighted by molar-refractivity contribution is -0.138. The Morgan fingerprint density at radius 3 is 2.71 bits per heavy atom. The molecule has 0 saturated carbocycles. The summed E-state index contributed by atoms with van der Waals surface area (Å²) in [5.74, 6) is -0.938. The number of aromatic nitrogens is 1. The predicted molar refractivity (Wildman–Crippen MR) is 54.5 cm³/mol. The van der Waals surface area contributed by atoms with E-state index in [1.165, 1.54) is 0 Å². The molecule has 0 fully saturated rings. The fourth-order valence-electron chi connectivity index (χ4n) is 1.42. The molecular weight excluding hydrogens is 235 g/mol. The van der Waals surface area contributed by atoms with Crippen LogP contribution in [0.4, 0.5) is 13.2 Å². The van der Waals surface area contributed by atoms with Gasteiger partial charge in [0.15, 0.2) is 5.78 Å². The van der Waals surface area contributed by atoms with Crippen molar-refractivity contribution >= 4 is 5.78 Å². The van der Waals surface area contributed by atoms with E-state index < -0.39 is 29.2 Å². The lowest BCUT2D eigenvalue weighted by atomic mass is 10.00. The maximum Gasteiger partial charge on any atom is 0.417 e. The molecule has 0 aromatic carbocycles. The van der Waals surface area contributed by atoms with E-state index in [4.69, 9.17) is 0 Å². The van der Waals surface area contributed by atoms with Gasteiger partial charge >= 0.3 is 6.18 Å². The van der Waals surface area contributed by atoms with Crippen LogP contribution in [0.2, 0.25) is 0 Å². The Hall–Kier alpha value is -1.43. The maximum absolute atomic E-state index is 12.6. The van der Waals surface area contributed by atoms with Gasteiger partial charge in [0.25, 0.3) is 0 Å². The molecule has 0 spiro atoms. The third-order valence-corrected chi connectivity index (χ3v) is 2.26. The summed E-state index contributed by atoms with van der Waals surface area (Å²) in [6.45, 7) is 1.73. The Morgan fingerprint density at radius 2 is 2.18 bits per heavy atom. The molecule has 6 heteroatoms. The molecule has 1 N–H and O–H groups in total. The summed E-state index contributed by atoms with van der Waals surface area (Å²) in [7, 11) is 0. The van der Waals surface area contributed by atoms with Crippen LogP contribution in [0.15, 0.2) is 18.5 Å². The van der Waals surface area contributed by atoms with E-state index in [0.29, 0.717) is 6.42 Å². The molecule has 0 amide bonds. The quantitative estimate of drug-likeness (QED) is 0.831. The summed E-state index contributed by atoms with van der Waals surface area (Å²) in [5.41, 5.74) is -1.64. The number of nitrogens with zero attached hydrogens (tertiary/aromatic N) is 1. The van der Waals surface area contributed by atoms with Gasteiger partial charge in [-0.1, -0.05) is 13.3 Å². The highest BCUT2D eigenvalue weighted by Crippen LogP contribution is 2.32. The molecule has 17 heavy (non-hydrogen) atoms. The van der Waals surface area contributed by atoms with Gasteiger partial charge in [-0.2, -0.15) is 13.2 Å². The van der Waals surface area contributed by atoms with Crippen LogP contribution in [0.3, 0.4) is 0 Å². The van der Waals surface area contributed by atoms with Gasteiger partial charge in [0.2, 0.25) is 0 Å². The first-order valence-electron chi connectivity index (χ1n) is 5.11. The van der Waals surface area contributed by atoms with Crippen molar-refractivity contribution in [2.75, 3.05) is 0 Å². The van der Waals surface area contributed by atoms with E-state index in [1.807, 2.05) is 0 Å². The van der Waals surface area contributed by atoms with E-state index >= 15 is 0 Å². The highest BCUT2D eigenvalue weighted by atomic mass is 19.4. The van der Waals surface area contributed by atoms with E-state index in [9.17, 15) is 23.1 Å². The van der Waals surface area contributed by atoms with Crippen LogP contribution in [0, 0.1) is 0 Å². The van der Waals surface area contributed by atoms with Crippen molar-refractivity contribution in [2.24, 2.45) is 0 Å². The number of ketones is 1. The van der Waals surface area contributed by atoms with Crippen LogP contribution in [-0.2, 0) is 6.18 Å². The van der Waals surface area contributed by atoms with Crippen molar-refractivity contribution in [3.8, 4) is 0 Å². The first-order chi connectivity index (χ1) is 7.88. The monoisotopic (exact) mass is 247 g/mol. The molecule has 1 aromatic rings. The molecule has 94 valence electrons. The first-order valence-corrected chi connectivity index (χ1v) is 5.11. The van der Waals surface area contributed by atoms with Gasteiger partial charge in [0, 0.05) is 12.4 Å². The Morgan fingerprint density at radius 1 is 1.53 bits per heavy atom. The van der Waals surface area contributed by atoms with Crippen molar-refractivity contribution in [3.63, 3.8) is 0 Å². The normalized spacial score (nSPS) is 13.5. The second kappa shape index (κ2) is 5.27. The standard InChI is InChI=1S/C11H12F3NO2/c1-2-3-9(16)10(17)7-6-15-5-4-8(7)11(12,13)14/h4-6,9,16H,2-3H2,1H3. The molecule has 3 nitrogen and oxygen atoms in total. The Kier molecular flexibility index (Phi) is 4.22. The fraction of sp³-hybridized carbons (Fsp3) is 0.455.